The highest BCUT2D eigenvalue weighted by Gasteiger charge is 2.16. The zero-order valence-corrected chi connectivity index (χ0v) is 10.4. The Labute approximate surface area is 109 Å². The van der Waals surface area contributed by atoms with Gasteiger partial charge in [-0.3, -0.25) is 4.98 Å². The van der Waals surface area contributed by atoms with E-state index >= 15 is 0 Å². The third kappa shape index (κ3) is 2.08. The van der Waals surface area contributed by atoms with Gasteiger partial charge in [-0.1, -0.05) is 24.2 Å². The third-order valence-corrected chi connectivity index (χ3v) is 3.00. The molecule has 1 unspecified atom stereocenters. The average Bonchev–Trinajstić information content (AvgIpc) is 2.95. The summed E-state index contributed by atoms with van der Waals surface area (Å²) >= 11 is 0. The molecule has 0 aliphatic carbocycles. The molecular formula is C14H13N3O2. The van der Waals surface area contributed by atoms with Gasteiger partial charge in [-0.15, -0.1) is 0 Å². The van der Waals surface area contributed by atoms with Crippen LogP contribution in [0.3, 0.4) is 0 Å². The van der Waals surface area contributed by atoms with Crippen LogP contribution >= 0.6 is 0 Å². The fourth-order valence-electron chi connectivity index (χ4n) is 1.95. The van der Waals surface area contributed by atoms with Crippen molar-refractivity contribution in [3.63, 3.8) is 0 Å². The van der Waals surface area contributed by atoms with Gasteiger partial charge in [0.1, 0.15) is 6.10 Å². The van der Waals surface area contributed by atoms with Gasteiger partial charge in [-0.05, 0) is 24.6 Å². The predicted molar refractivity (Wildman–Crippen MR) is 70.3 cm³/mol. The van der Waals surface area contributed by atoms with E-state index in [0.717, 1.165) is 16.5 Å². The second-order valence-electron chi connectivity index (χ2n) is 4.26. The lowest BCUT2D eigenvalue weighted by atomic mass is 10.1. The molecule has 5 nitrogen and oxygen atoms in total. The molecule has 1 atom stereocenters. The van der Waals surface area contributed by atoms with Gasteiger partial charge in [0, 0.05) is 17.1 Å². The van der Waals surface area contributed by atoms with Gasteiger partial charge in [0.2, 0.25) is 5.82 Å². The number of aliphatic hydroxyl groups is 1. The zero-order chi connectivity index (χ0) is 13.2. The summed E-state index contributed by atoms with van der Waals surface area (Å²) in [6.07, 6.45) is 1.60. The van der Waals surface area contributed by atoms with Crippen molar-refractivity contribution in [1.29, 1.82) is 0 Å². The van der Waals surface area contributed by atoms with Crippen molar-refractivity contribution in [2.45, 2.75) is 19.4 Å². The van der Waals surface area contributed by atoms with Crippen molar-refractivity contribution in [2.75, 3.05) is 0 Å². The molecule has 0 fully saturated rings. The van der Waals surface area contributed by atoms with Gasteiger partial charge in [-0.2, -0.15) is 4.98 Å². The fourth-order valence-corrected chi connectivity index (χ4v) is 1.95. The van der Waals surface area contributed by atoms with Crippen LogP contribution in [0.4, 0.5) is 0 Å². The molecule has 0 saturated heterocycles. The van der Waals surface area contributed by atoms with Crippen molar-refractivity contribution in [2.24, 2.45) is 0 Å². The number of hydrogen-bond donors (Lipinski definition) is 1. The Kier molecular flexibility index (Phi) is 2.97. The van der Waals surface area contributed by atoms with Gasteiger partial charge >= 0.3 is 0 Å². The van der Waals surface area contributed by atoms with E-state index in [0.29, 0.717) is 18.1 Å². The molecule has 3 rings (SSSR count). The van der Waals surface area contributed by atoms with Gasteiger partial charge in [0.25, 0.3) is 5.89 Å². The van der Waals surface area contributed by atoms with E-state index in [4.69, 9.17) is 4.52 Å². The maximum absolute atomic E-state index is 9.71. The summed E-state index contributed by atoms with van der Waals surface area (Å²) in [5, 5.41) is 14.5. The summed E-state index contributed by atoms with van der Waals surface area (Å²) in [7, 11) is 0. The van der Waals surface area contributed by atoms with Crippen LogP contribution in [0.25, 0.3) is 22.4 Å². The number of nitrogens with zero attached hydrogens (tertiary/aromatic N) is 3. The third-order valence-electron chi connectivity index (χ3n) is 3.00. The van der Waals surface area contributed by atoms with Gasteiger partial charge in [0.05, 0.1) is 5.52 Å². The summed E-state index contributed by atoms with van der Waals surface area (Å²) in [5.74, 6) is 0.722. The first-order valence-electron chi connectivity index (χ1n) is 6.15. The summed E-state index contributed by atoms with van der Waals surface area (Å²) in [5.41, 5.74) is 1.70. The lowest BCUT2D eigenvalue weighted by Crippen LogP contribution is -1.97. The minimum atomic E-state index is -0.689. The molecule has 5 heteroatoms. The van der Waals surface area contributed by atoms with Crippen molar-refractivity contribution in [3.8, 4) is 11.5 Å². The number of aliphatic hydroxyl groups excluding tert-OH is 1. The van der Waals surface area contributed by atoms with E-state index in [9.17, 15) is 5.11 Å². The predicted octanol–water partition coefficient (Wildman–Crippen LogP) is 2.73. The maximum Gasteiger partial charge on any atom is 0.258 e. The van der Waals surface area contributed by atoms with E-state index in [1.54, 1.807) is 6.20 Å². The number of pyridine rings is 1. The van der Waals surface area contributed by atoms with E-state index < -0.39 is 6.10 Å². The topological polar surface area (TPSA) is 72.0 Å². The molecule has 2 aromatic heterocycles. The van der Waals surface area contributed by atoms with Crippen molar-refractivity contribution < 1.29 is 9.63 Å². The molecule has 0 aliphatic heterocycles. The molecular weight excluding hydrogens is 242 g/mol. The Bertz CT molecular complexity index is 703. The highest BCUT2D eigenvalue weighted by atomic mass is 16.5. The molecule has 0 bridgehead atoms. The second kappa shape index (κ2) is 4.78. The van der Waals surface area contributed by atoms with E-state index in [-0.39, 0.29) is 0 Å². The van der Waals surface area contributed by atoms with Gasteiger partial charge in [-0.25, -0.2) is 0 Å². The number of fused-ring (bicyclic) bond motifs is 1. The van der Waals surface area contributed by atoms with Crippen LogP contribution in [-0.2, 0) is 0 Å². The van der Waals surface area contributed by atoms with Crippen LogP contribution in [0.1, 0.15) is 25.3 Å². The molecule has 0 spiro atoms. The Morgan fingerprint density at radius 1 is 1.26 bits per heavy atom. The Morgan fingerprint density at radius 2 is 2.16 bits per heavy atom. The fraction of sp³-hybridized carbons (Fsp3) is 0.214. The normalized spacial score (nSPS) is 12.7. The molecule has 0 radical (unpaired) electrons. The van der Waals surface area contributed by atoms with Crippen molar-refractivity contribution >= 4 is 10.9 Å². The first-order chi connectivity index (χ1) is 9.29. The lowest BCUT2D eigenvalue weighted by molar-refractivity contribution is 0.159. The minimum Gasteiger partial charge on any atom is -0.385 e. The average molecular weight is 255 g/mol. The first-order valence-corrected chi connectivity index (χ1v) is 6.15. The van der Waals surface area contributed by atoms with E-state index in [1.165, 1.54) is 0 Å². The maximum atomic E-state index is 9.71. The first kappa shape index (κ1) is 11.8. The molecule has 19 heavy (non-hydrogen) atoms. The van der Waals surface area contributed by atoms with E-state index in [1.807, 2.05) is 37.3 Å². The van der Waals surface area contributed by atoms with Crippen LogP contribution in [-0.4, -0.2) is 20.2 Å². The standard InChI is InChI=1S/C14H13N3O2/c1-2-12(18)13-16-14(19-17-13)10-5-3-7-11-9(10)6-4-8-15-11/h3-8,12,18H,2H2,1H3. The van der Waals surface area contributed by atoms with Gasteiger partial charge < -0.3 is 9.63 Å². The smallest absolute Gasteiger partial charge is 0.258 e. The quantitative estimate of drug-likeness (QED) is 0.779. The summed E-state index contributed by atoms with van der Waals surface area (Å²) in [6.45, 7) is 1.86. The Hall–Kier alpha value is -2.27. The molecule has 1 N–H and O–H groups in total. The molecule has 0 saturated carbocycles. The van der Waals surface area contributed by atoms with Crippen molar-refractivity contribution in [1.82, 2.24) is 15.1 Å². The van der Waals surface area contributed by atoms with E-state index in [2.05, 4.69) is 15.1 Å². The lowest BCUT2D eigenvalue weighted by Gasteiger charge is -2.01. The summed E-state index contributed by atoms with van der Waals surface area (Å²) in [4.78, 5) is 8.53. The molecule has 3 aromatic rings. The molecule has 0 amide bonds. The van der Waals surface area contributed by atoms with Crippen LogP contribution in [0.2, 0.25) is 0 Å². The second-order valence-corrected chi connectivity index (χ2v) is 4.26. The number of hydrogen-bond acceptors (Lipinski definition) is 5. The highest BCUT2D eigenvalue weighted by molar-refractivity contribution is 5.92. The van der Waals surface area contributed by atoms with Crippen LogP contribution in [0.15, 0.2) is 41.1 Å². The number of rotatable bonds is 3. The molecule has 96 valence electrons. The minimum absolute atomic E-state index is 0.318. The number of aromatic nitrogens is 3. The monoisotopic (exact) mass is 255 g/mol. The molecule has 1 aromatic carbocycles. The van der Waals surface area contributed by atoms with Crippen molar-refractivity contribution in [3.05, 3.63) is 42.4 Å². The molecule has 0 aliphatic rings. The van der Waals surface area contributed by atoms with Crippen LogP contribution < -0.4 is 0 Å². The Balaban J connectivity index is 2.12. The SMILES string of the molecule is CCC(O)c1noc(-c2cccc3ncccc23)n1. The van der Waals surface area contributed by atoms with Crippen LogP contribution in [0.5, 0.6) is 0 Å². The molecule has 2 heterocycles. The summed E-state index contributed by atoms with van der Waals surface area (Å²) in [6, 6.07) is 9.54. The Morgan fingerprint density at radius 3 is 3.00 bits per heavy atom. The summed E-state index contributed by atoms with van der Waals surface area (Å²) < 4.78 is 5.23. The number of benzene rings is 1. The highest BCUT2D eigenvalue weighted by Crippen LogP contribution is 2.27. The van der Waals surface area contributed by atoms with Gasteiger partial charge in [0.15, 0.2) is 0 Å². The zero-order valence-electron chi connectivity index (χ0n) is 10.4. The van der Waals surface area contributed by atoms with Crippen LogP contribution in [0, 0.1) is 0 Å². The largest absolute Gasteiger partial charge is 0.385 e.